The molecule has 0 spiro atoms. The van der Waals surface area contributed by atoms with Crippen molar-refractivity contribution in [3.8, 4) is 0 Å². The Morgan fingerprint density at radius 2 is 2.00 bits per heavy atom. The molecule has 2 saturated heterocycles. The van der Waals surface area contributed by atoms with Gasteiger partial charge in [-0.05, 0) is 44.4 Å². The van der Waals surface area contributed by atoms with Gasteiger partial charge in [-0.2, -0.15) is 0 Å². The quantitative estimate of drug-likeness (QED) is 0.777. The molecule has 0 saturated carbocycles. The summed E-state index contributed by atoms with van der Waals surface area (Å²) in [6.07, 6.45) is 5.75. The summed E-state index contributed by atoms with van der Waals surface area (Å²) in [5, 5.41) is 3.44. The number of hydrogen-bond donors (Lipinski definition) is 1. The summed E-state index contributed by atoms with van der Waals surface area (Å²) in [6, 6.07) is 0.581. The maximum absolute atomic E-state index is 12.5. The molecular formula is C15H28N2O. The van der Waals surface area contributed by atoms with Crippen LogP contribution < -0.4 is 5.32 Å². The standard InChI is InChI=1S/C15H28N2O/c1-12-5-6-13(11-16-12)14(18)17-9-4-7-15(2,3)8-10-17/h12-13,16H,4-11H2,1-3H3. The summed E-state index contributed by atoms with van der Waals surface area (Å²) in [5.41, 5.74) is 0.411. The van der Waals surface area contributed by atoms with Gasteiger partial charge in [0.05, 0.1) is 5.92 Å². The maximum Gasteiger partial charge on any atom is 0.226 e. The third kappa shape index (κ3) is 3.47. The predicted octanol–water partition coefficient (Wildman–Crippen LogP) is 2.41. The Balaban J connectivity index is 1.89. The number of nitrogens with one attached hydrogen (secondary N) is 1. The lowest BCUT2D eigenvalue weighted by Gasteiger charge is -2.31. The number of rotatable bonds is 1. The first kappa shape index (κ1) is 13.9. The first-order valence-corrected chi connectivity index (χ1v) is 7.50. The van der Waals surface area contributed by atoms with Crippen LogP contribution in [-0.2, 0) is 4.79 Å². The molecule has 1 N–H and O–H groups in total. The topological polar surface area (TPSA) is 32.3 Å². The maximum atomic E-state index is 12.5. The molecule has 2 rings (SSSR count). The van der Waals surface area contributed by atoms with Gasteiger partial charge in [-0.25, -0.2) is 0 Å². The van der Waals surface area contributed by atoms with E-state index < -0.39 is 0 Å². The molecule has 0 aromatic carbocycles. The fraction of sp³-hybridized carbons (Fsp3) is 0.933. The molecule has 2 aliphatic heterocycles. The minimum absolute atomic E-state index is 0.224. The molecule has 2 atom stereocenters. The molecule has 0 bridgehead atoms. The van der Waals surface area contributed by atoms with Crippen molar-refractivity contribution >= 4 is 5.91 Å². The lowest BCUT2D eigenvalue weighted by molar-refractivity contribution is -0.136. The van der Waals surface area contributed by atoms with Crippen LogP contribution in [0.3, 0.4) is 0 Å². The van der Waals surface area contributed by atoms with Crippen molar-refractivity contribution in [3.63, 3.8) is 0 Å². The van der Waals surface area contributed by atoms with E-state index in [-0.39, 0.29) is 5.92 Å². The monoisotopic (exact) mass is 252 g/mol. The average Bonchev–Trinajstić information content (AvgIpc) is 2.50. The number of carbonyl (C=O) groups is 1. The summed E-state index contributed by atoms with van der Waals surface area (Å²) < 4.78 is 0. The zero-order valence-electron chi connectivity index (χ0n) is 12.2. The molecule has 18 heavy (non-hydrogen) atoms. The van der Waals surface area contributed by atoms with Crippen LogP contribution in [0.2, 0.25) is 0 Å². The van der Waals surface area contributed by atoms with E-state index >= 15 is 0 Å². The Morgan fingerprint density at radius 3 is 2.67 bits per heavy atom. The number of nitrogens with zero attached hydrogens (tertiary/aromatic N) is 1. The minimum Gasteiger partial charge on any atom is -0.342 e. The molecule has 3 heteroatoms. The molecule has 0 aliphatic carbocycles. The van der Waals surface area contributed by atoms with Gasteiger partial charge in [0, 0.05) is 25.7 Å². The van der Waals surface area contributed by atoms with E-state index in [2.05, 4.69) is 31.0 Å². The van der Waals surface area contributed by atoms with E-state index in [0.29, 0.717) is 17.4 Å². The van der Waals surface area contributed by atoms with Crippen LogP contribution >= 0.6 is 0 Å². The SMILES string of the molecule is CC1CCC(C(=O)N2CCCC(C)(C)CC2)CN1. The van der Waals surface area contributed by atoms with E-state index in [4.69, 9.17) is 0 Å². The Bertz CT molecular complexity index is 293. The molecule has 2 fully saturated rings. The van der Waals surface area contributed by atoms with Crippen molar-refractivity contribution in [2.45, 2.75) is 58.9 Å². The second-order valence-corrected chi connectivity index (χ2v) is 6.93. The summed E-state index contributed by atoms with van der Waals surface area (Å²) in [6.45, 7) is 9.65. The predicted molar refractivity (Wildman–Crippen MR) is 74.4 cm³/mol. The van der Waals surface area contributed by atoms with Crippen molar-refractivity contribution in [2.24, 2.45) is 11.3 Å². The minimum atomic E-state index is 0.224. The van der Waals surface area contributed by atoms with E-state index in [0.717, 1.165) is 45.3 Å². The van der Waals surface area contributed by atoms with Gasteiger partial charge in [0.1, 0.15) is 0 Å². The van der Waals surface area contributed by atoms with Gasteiger partial charge in [-0.15, -0.1) is 0 Å². The molecule has 2 heterocycles. The first-order valence-electron chi connectivity index (χ1n) is 7.50. The van der Waals surface area contributed by atoms with E-state index in [1.54, 1.807) is 0 Å². The lowest BCUT2D eigenvalue weighted by Crippen LogP contribution is -2.46. The fourth-order valence-electron chi connectivity index (χ4n) is 3.11. The van der Waals surface area contributed by atoms with Gasteiger partial charge in [0.15, 0.2) is 0 Å². The zero-order chi connectivity index (χ0) is 13.2. The van der Waals surface area contributed by atoms with E-state index in [9.17, 15) is 4.79 Å². The van der Waals surface area contributed by atoms with Crippen molar-refractivity contribution in [3.05, 3.63) is 0 Å². The summed E-state index contributed by atoms with van der Waals surface area (Å²) in [4.78, 5) is 14.6. The highest BCUT2D eigenvalue weighted by Gasteiger charge is 2.30. The highest BCUT2D eigenvalue weighted by molar-refractivity contribution is 5.79. The Kier molecular flexibility index (Phi) is 4.31. The van der Waals surface area contributed by atoms with Crippen LogP contribution in [0.4, 0.5) is 0 Å². The number of piperidine rings is 1. The van der Waals surface area contributed by atoms with Crippen LogP contribution in [-0.4, -0.2) is 36.5 Å². The molecule has 1 amide bonds. The van der Waals surface area contributed by atoms with Crippen molar-refractivity contribution in [1.82, 2.24) is 10.2 Å². The van der Waals surface area contributed by atoms with Crippen molar-refractivity contribution in [1.29, 1.82) is 0 Å². The fourth-order valence-corrected chi connectivity index (χ4v) is 3.11. The normalized spacial score (nSPS) is 32.9. The Morgan fingerprint density at radius 1 is 1.22 bits per heavy atom. The van der Waals surface area contributed by atoms with Crippen LogP contribution in [0.15, 0.2) is 0 Å². The van der Waals surface area contributed by atoms with Crippen molar-refractivity contribution < 1.29 is 4.79 Å². The molecular weight excluding hydrogens is 224 g/mol. The number of hydrogen-bond acceptors (Lipinski definition) is 2. The van der Waals surface area contributed by atoms with Crippen LogP contribution in [0.5, 0.6) is 0 Å². The third-order valence-corrected chi connectivity index (χ3v) is 4.66. The largest absolute Gasteiger partial charge is 0.342 e. The average molecular weight is 252 g/mol. The van der Waals surface area contributed by atoms with Gasteiger partial charge < -0.3 is 10.2 Å². The smallest absolute Gasteiger partial charge is 0.226 e. The first-order chi connectivity index (χ1) is 8.48. The van der Waals surface area contributed by atoms with Gasteiger partial charge in [0.25, 0.3) is 0 Å². The molecule has 2 unspecified atom stereocenters. The second-order valence-electron chi connectivity index (χ2n) is 6.93. The molecule has 2 aliphatic rings. The lowest BCUT2D eigenvalue weighted by atomic mass is 9.85. The van der Waals surface area contributed by atoms with E-state index in [1.165, 1.54) is 6.42 Å². The molecule has 0 radical (unpaired) electrons. The van der Waals surface area contributed by atoms with Crippen molar-refractivity contribution in [2.75, 3.05) is 19.6 Å². The number of amides is 1. The van der Waals surface area contributed by atoms with Gasteiger partial charge >= 0.3 is 0 Å². The highest BCUT2D eigenvalue weighted by Crippen LogP contribution is 2.30. The molecule has 3 nitrogen and oxygen atoms in total. The third-order valence-electron chi connectivity index (χ3n) is 4.66. The highest BCUT2D eigenvalue weighted by atomic mass is 16.2. The number of likely N-dealkylation sites (tertiary alicyclic amines) is 1. The molecule has 104 valence electrons. The van der Waals surface area contributed by atoms with Crippen LogP contribution in [0.1, 0.15) is 52.9 Å². The van der Waals surface area contributed by atoms with Crippen LogP contribution in [0, 0.1) is 11.3 Å². The summed E-state index contributed by atoms with van der Waals surface area (Å²) >= 11 is 0. The number of carbonyl (C=O) groups excluding carboxylic acids is 1. The van der Waals surface area contributed by atoms with Crippen LogP contribution in [0.25, 0.3) is 0 Å². The van der Waals surface area contributed by atoms with Gasteiger partial charge in [0.2, 0.25) is 5.91 Å². The zero-order valence-corrected chi connectivity index (χ0v) is 12.2. The summed E-state index contributed by atoms with van der Waals surface area (Å²) in [7, 11) is 0. The van der Waals surface area contributed by atoms with E-state index in [1.807, 2.05) is 0 Å². The van der Waals surface area contributed by atoms with Gasteiger partial charge in [-0.1, -0.05) is 13.8 Å². The second kappa shape index (κ2) is 5.60. The summed E-state index contributed by atoms with van der Waals surface area (Å²) in [5.74, 6) is 0.620. The Labute approximate surface area is 111 Å². The van der Waals surface area contributed by atoms with Gasteiger partial charge in [-0.3, -0.25) is 4.79 Å². The molecule has 0 aromatic heterocycles. The molecule has 0 aromatic rings. The Hall–Kier alpha value is -0.570.